The molecule has 7 nitrogen and oxygen atoms in total. The third kappa shape index (κ3) is 2.66. The van der Waals surface area contributed by atoms with E-state index in [1.165, 1.54) is 0 Å². The van der Waals surface area contributed by atoms with Gasteiger partial charge in [0.05, 0.1) is 18.3 Å². The summed E-state index contributed by atoms with van der Waals surface area (Å²) in [5, 5.41) is 0. The molecule has 116 valence electrons. The van der Waals surface area contributed by atoms with Crippen molar-refractivity contribution in [1.82, 2.24) is 19.5 Å². The van der Waals surface area contributed by atoms with Gasteiger partial charge in [0.1, 0.15) is 11.6 Å². The molecule has 0 aromatic carbocycles. The zero-order chi connectivity index (χ0) is 15.7. The number of imidazole rings is 1. The van der Waals surface area contributed by atoms with Crippen molar-refractivity contribution in [2.75, 3.05) is 11.4 Å². The lowest BCUT2D eigenvalue weighted by molar-refractivity contribution is -0.122. The van der Waals surface area contributed by atoms with E-state index in [4.69, 9.17) is 5.73 Å². The van der Waals surface area contributed by atoms with Gasteiger partial charge >= 0.3 is 0 Å². The Kier molecular flexibility index (Phi) is 3.79. The Morgan fingerprint density at radius 2 is 2.09 bits per heavy atom. The summed E-state index contributed by atoms with van der Waals surface area (Å²) in [5.41, 5.74) is 5.47. The predicted octanol–water partition coefficient (Wildman–Crippen LogP) is 1.06. The summed E-state index contributed by atoms with van der Waals surface area (Å²) in [6.07, 6.45) is 8.78. The molecule has 0 saturated carbocycles. The number of aryl methyl sites for hydroxylation is 1. The smallest absolute Gasteiger partial charge is 0.222 e. The molecular weight excluding hydrogens is 280 g/mol. The van der Waals surface area contributed by atoms with Gasteiger partial charge in [0, 0.05) is 25.0 Å². The number of carbonyl (C=O) groups excluding carboxylic acids is 1. The van der Waals surface area contributed by atoms with Gasteiger partial charge < -0.3 is 10.6 Å². The Labute approximate surface area is 129 Å². The number of nitrogens with zero attached hydrogens (tertiary/aromatic N) is 5. The van der Waals surface area contributed by atoms with E-state index in [1.807, 2.05) is 17.7 Å². The van der Waals surface area contributed by atoms with E-state index in [2.05, 4.69) is 26.8 Å². The topological polar surface area (TPSA) is 89.9 Å². The highest BCUT2D eigenvalue weighted by Gasteiger charge is 2.29. The lowest BCUT2D eigenvalue weighted by atomic mass is 9.93. The highest BCUT2D eigenvalue weighted by Crippen LogP contribution is 2.26. The predicted molar refractivity (Wildman–Crippen MR) is 82.6 cm³/mol. The maximum absolute atomic E-state index is 11.5. The van der Waals surface area contributed by atoms with Gasteiger partial charge in [-0.25, -0.2) is 9.97 Å². The van der Waals surface area contributed by atoms with Crippen LogP contribution in [0.25, 0.3) is 5.82 Å². The molecule has 0 spiro atoms. The maximum Gasteiger partial charge on any atom is 0.222 e. The Hall–Kier alpha value is -2.44. The Balaban J connectivity index is 1.91. The third-order valence-corrected chi connectivity index (χ3v) is 4.26. The second-order valence-corrected chi connectivity index (χ2v) is 5.76. The van der Waals surface area contributed by atoms with E-state index in [1.54, 1.807) is 18.6 Å². The van der Waals surface area contributed by atoms with Crippen LogP contribution in [-0.2, 0) is 4.79 Å². The second-order valence-electron chi connectivity index (χ2n) is 5.76. The van der Waals surface area contributed by atoms with Crippen molar-refractivity contribution in [1.29, 1.82) is 0 Å². The summed E-state index contributed by atoms with van der Waals surface area (Å²) in [4.78, 5) is 26.8. The Morgan fingerprint density at radius 3 is 2.77 bits per heavy atom. The summed E-state index contributed by atoms with van der Waals surface area (Å²) in [7, 11) is 0. The molecule has 22 heavy (non-hydrogen) atoms. The number of rotatable bonds is 3. The van der Waals surface area contributed by atoms with Gasteiger partial charge in [-0.15, -0.1) is 0 Å². The molecule has 2 atom stereocenters. The first-order chi connectivity index (χ1) is 10.6. The van der Waals surface area contributed by atoms with Crippen molar-refractivity contribution in [3.05, 3.63) is 30.6 Å². The van der Waals surface area contributed by atoms with E-state index in [9.17, 15) is 4.79 Å². The number of nitrogens with two attached hydrogens (primary N) is 1. The van der Waals surface area contributed by atoms with Crippen LogP contribution in [0.1, 0.15) is 25.6 Å². The van der Waals surface area contributed by atoms with Crippen molar-refractivity contribution in [3.8, 4) is 5.82 Å². The molecule has 3 heterocycles. The standard InChI is InChI=1S/C15H20N6O/c1-10-3-4-12(15(16)22)9-21(10)14-8-17-7-13(19-14)20-6-5-18-11(20)2/h5-8,10,12H,3-4,9H2,1-2H3,(H2,16,22). The third-order valence-electron chi connectivity index (χ3n) is 4.26. The summed E-state index contributed by atoms with van der Waals surface area (Å²) in [6.45, 7) is 4.65. The molecule has 0 bridgehead atoms. The van der Waals surface area contributed by atoms with E-state index in [0.717, 1.165) is 30.3 Å². The first-order valence-corrected chi connectivity index (χ1v) is 7.44. The molecular formula is C15H20N6O. The number of anilines is 1. The molecule has 2 aromatic heterocycles. The lowest BCUT2D eigenvalue weighted by Gasteiger charge is -2.37. The zero-order valence-corrected chi connectivity index (χ0v) is 12.8. The van der Waals surface area contributed by atoms with Gasteiger partial charge in [-0.2, -0.15) is 0 Å². The molecule has 1 fully saturated rings. The number of carbonyl (C=O) groups is 1. The molecule has 1 aliphatic heterocycles. The van der Waals surface area contributed by atoms with Gasteiger partial charge in [0.25, 0.3) is 0 Å². The number of hydrogen-bond acceptors (Lipinski definition) is 5. The number of aromatic nitrogens is 4. The largest absolute Gasteiger partial charge is 0.369 e. The van der Waals surface area contributed by atoms with E-state index in [-0.39, 0.29) is 11.8 Å². The van der Waals surface area contributed by atoms with Crippen LogP contribution in [0.15, 0.2) is 24.8 Å². The lowest BCUT2D eigenvalue weighted by Crippen LogP contribution is -2.46. The van der Waals surface area contributed by atoms with Crippen molar-refractivity contribution in [2.24, 2.45) is 11.7 Å². The Morgan fingerprint density at radius 1 is 1.32 bits per heavy atom. The highest BCUT2D eigenvalue weighted by atomic mass is 16.1. The quantitative estimate of drug-likeness (QED) is 0.915. The van der Waals surface area contributed by atoms with Crippen molar-refractivity contribution >= 4 is 11.7 Å². The van der Waals surface area contributed by atoms with Gasteiger partial charge in [-0.1, -0.05) is 0 Å². The molecule has 1 aliphatic rings. The van der Waals surface area contributed by atoms with Crippen LogP contribution in [-0.4, -0.2) is 38.0 Å². The van der Waals surface area contributed by atoms with Gasteiger partial charge in [0.2, 0.25) is 5.91 Å². The molecule has 7 heteroatoms. The zero-order valence-electron chi connectivity index (χ0n) is 12.8. The first-order valence-electron chi connectivity index (χ1n) is 7.44. The molecule has 2 unspecified atom stereocenters. The number of amides is 1. The molecule has 1 saturated heterocycles. The first kappa shape index (κ1) is 14.5. The van der Waals surface area contributed by atoms with Crippen LogP contribution in [0.2, 0.25) is 0 Å². The molecule has 0 radical (unpaired) electrons. The number of hydrogen-bond donors (Lipinski definition) is 1. The summed E-state index contributed by atoms with van der Waals surface area (Å²) in [6, 6.07) is 0.309. The van der Waals surface area contributed by atoms with E-state index < -0.39 is 0 Å². The fraction of sp³-hybridized carbons (Fsp3) is 0.467. The molecule has 2 N–H and O–H groups in total. The van der Waals surface area contributed by atoms with E-state index in [0.29, 0.717) is 12.6 Å². The normalized spacial score (nSPS) is 21.8. The fourth-order valence-electron chi connectivity index (χ4n) is 2.88. The van der Waals surface area contributed by atoms with Crippen LogP contribution in [0.4, 0.5) is 5.82 Å². The number of primary amides is 1. The molecule has 2 aromatic rings. The molecule has 1 amide bonds. The minimum Gasteiger partial charge on any atom is -0.369 e. The van der Waals surface area contributed by atoms with Crippen molar-refractivity contribution in [3.63, 3.8) is 0 Å². The van der Waals surface area contributed by atoms with Crippen molar-refractivity contribution < 1.29 is 4.79 Å². The second kappa shape index (κ2) is 5.75. The van der Waals surface area contributed by atoms with Gasteiger partial charge in [0.15, 0.2) is 5.82 Å². The number of piperidine rings is 1. The monoisotopic (exact) mass is 300 g/mol. The van der Waals surface area contributed by atoms with Crippen LogP contribution in [0.3, 0.4) is 0 Å². The van der Waals surface area contributed by atoms with Gasteiger partial charge in [-0.05, 0) is 26.7 Å². The van der Waals surface area contributed by atoms with Gasteiger partial charge in [-0.3, -0.25) is 14.3 Å². The minimum atomic E-state index is -0.244. The SMILES string of the molecule is Cc1nccn1-c1cncc(N2CC(C(N)=O)CCC2C)n1. The maximum atomic E-state index is 11.5. The summed E-state index contributed by atoms with van der Waals surface area (Å²) < 4.78 is 1.89. The van der Waals surface area contributed by atoms with E-state index >= 15 is 0 Å². The average Bonchev–Trinajstić information content (AvgIpc) is 2.94. The Bertz CT molecular complexity index is 682. The summed E-state index contributed by atoms with van der Waals surface area (Å²) in [5.74, 6) is 1.97. The van der Waals surface area contributed by atoms with Crippen molar-refractivity contribution in [2.45, 2.75) is 32.7 Å². The van der Waals surface area contributed by atoms with Crippen LogP contribution < -0.4 is 10.6 Å². The summed E-state index contributed by atoms with van der Waals surface area (Å²) >= 11 is 0. The van der Waals surface area contributed by atoms with Crippen LogP contribution in [0, 0.1) is 12.8 Å². The minimum absolute atomic E-state index is 0.128. The van der Waals surface area contributed by atoms with Crippen LogP contribution >= 0.6 is 0 Å². The highest BCUT2D eigenvalue weighted by molar-refractivity contribution is 5.77. The average molecular weight is 300 g/mol. The molecule has 0 aliphatic carbocycles. The molecule has 3 rings (SSSR count). The van der Waals surface area contributed by atoms with Crippen LogP contribution in [0.5, 0.6) is 0 Å². The fourth-order valence-corrected chi connectivity index (χ4v) is 2.88.